The Balaban J connectivity index is 1.47. The molecule has 1 amide bonds. The zero-order valence-corrected chi connectivity index (χ0v) is 26.2. The minimum absolute atomic E-state index is 0.119. The molecule has 0 aliphatic carbocycles. The van der Waals surface area contributed by atoms with E-state index in [0.29, 0.717) is 22.8 Å². The number of unbranched alkanes of at least 4 members (excludes halogenated alkanes) is 2. The molecule has 1 N–H and O–H groups in total. The maximum Gasteiger partial charge on any atom is 0.254 e. The lowest BCUT2D eigenvalue weighted by molar-refractivity contribution is 0.0546. The fraction of sp³-hybridized carbons (Fsp3) is 0.471. The number of anilines is 2. The molecule has 1 fully saturated rings. The van der Waals surface area contributed by atoms with E-state index in [1.807, 2.05) is 24.3 Å². The van der Waals surface area contributed by atoms with Crippen LogP contribution >= 0.6 is 23.2 Å². The monoisotopic (exact) mass is 594 g/mol. The Bertz CT molecular complexity index is 1220. The van der Waals surface area contributed by atoms with Crippen molar-refractivity contribution in [2.24, 2.45) is 5.92 Å². The zero-order valence-electron chi connectivity index (χ0n) is 24.7. The highest BCUT2D eigenvalue weighted by atomic mass is 35.5. The second kappa shape index (κ2) is 15.6. The van der Waals surface area contributed by atoms with Gasteiger partial charge in [-0.15, -0.1) is 0 Å². The van der Waals surface area contributed by atoms with Crippen molar-refractivity contribution >= 4 is 40.5 Å². The number of nitrogens with one attached hydrogen (secondary N) is 1. The normalized spacial score (nSPS) is 14.4. The van der Waals surface area contributed by atoms with Gasteiger partial charge < -0.3 is 15.1 Å². The smallest absolute Gasteiger partial charge is 0.254 e. The van der Waals surface area contributed by atoms with Crippen LogP contribution < -0.4 is 5.32 Å². The van der Waals surface area contributed by atoms with Gasteiger partial charge in [-0.2, -0.15) is 0 Å². The van der Waals surface area contributed by atoms with E-state index in [0.717, 1.165) is 61.4 Å². The molecule has 41 heavy (non-hydrogen) atoms. The van der Waals surface area contributed by atoms with Gasteiger partial charge in [-0.05, 0) is 92.1 Å². The minimum Gasteiger partial charge on any atom is -0.355 e. The van der Waals surface area contributed by atoms with E-state index >= 15 is 0 Å². The lowest BCUT2D eigenvalue weighted by Gasteiger charge is -2.39. The molecule has 7 heteroatoms. The van der Waals surface area contributed by atoms with Gasteiger partial charge in [-0.25, -0.2) is 4.98 Å². The van der Waals surface area contributed by atoms with Crippen LogP contribution in [0.25, 0.3) is 0 Å². The van der Waals surface area contributed by atoms with E-state index in [1.165, 1.54) is 31.2 Å². The van der Waals surface area contributed by atoms with E-state index < -0.39 is 0 Å². The fourth-order valence-electron chi connectivity index (χ4n) is 5.41. The summed E-state index contributed by atoms with van der Waals surface area (Å²) in [6, 6.07) is 20.2. The first-order chi connectivity index (χ1) is 19.8. The first-order valence-electron chi connectivity index (χ1n) is 15.1. The Hall–Kier alpha value is -2.60. The van der Waals surface area contributed by atoms with Gasteiger partial charge in [0, 0.05) is 42.6 Å². The molecular weight excluding hydrogens is 551 g/mol. The molecule has 0 bridgehead atoms. The van der Waals surface area contributed by atoms with Gasteiger partial charge in [0.05, 0.1) is 0 Å². The quantitative estimate of drug-likeness (QED) is 0.158. The molecular formula is C34H44Cl2N4O. The van der Waals surface area contributed by atoms with Crippen molar-refractivity contribution in [3.63, 3.8) is 0 Å². The molecule has 1 aliphatic rings. The summed E-state index contributed by atoms with van der Waals surface area (Å²) >= 11 is 12.1. The summed E-state index contributed by atoms with van der Waals surface area (Å²) in [7, 11) is 0. The number of aryl methyl sites for hydroxylation is 1. The summed E-state index contributed by atoms with van der Waals surface area (Å²) in [5, 5.41) is 4.02. The number of likely N-dealkylation sites (tertiary alicyclic amines) is 1. The Morgan fingerprint density at radius 3 is 2.20 bits per heavy atom. The lowest BCUT2D eigenvalue weighted by Crippen LogP contribution is -2.47. The maximum absolute atomic E-state index is 14.0. The van der Waals surface area contributed by atoms with Crippen LogP contribution in [-0.4, -0.2) is 46.4 Å². The highest BCUT2D eigenvalue weighted by molar-refractivity contribution is 6.32. The summed E-state index contributed by atoms with van der Waals surface area (Å²) in [6.45, 7) is 10.6. The molecule has 4 rings (SSSR count). The maximum atomic E-state index is 14.0. The van der Waals surface area contributed by atoms with Crippen molar-refractivity contribution in [2.45, 2.75) is 78.3 Å². The predicted molar refractivity (Wildman–Crippen MR) is 172 cm³/mol. The molecule has 0 radical (unpaired) electrons. The number of pyridine rings is 1. The average molecular weight is 596 g/mol. The van der Waals surface area contributed by atoms with Gasteiger partial charge in [-0.1, -0.05) is 81.1 Å². The van der Waals surface area contributed by atoms with Crippen LogP contribution in [0, 0.1) is 5.92 Å². The number of rotatable bonds is 13. The largest absolute Gasteiger partial charge is 0.355 e. The number of hydrogen-bond donors (Lipinski definition) is 1. The highest BCUT2D eigenvalue weighted by Gasteiger charge is 2.29. The predicted octanol–water partition coefficient (Wildman–Crippen LogP) is 9.02. The summed E-state index contributed by atoms with van der Waals surface area (Å²) in [6.07, 6.45) is 7.94. The SMILES string of the molecule is CCCCCc1ccc(C(=O)N(Cc2ccc(Nc3cc(Cl)nc(Cl)c3)cc2)C2CCN(CCC(C)C)CC2)cc1. The van der Waals surface area contributed by atoms with Gasteiger partial charge in [0.1, 0.15) is 10.3 Å². The van der Waals surface area contributed by atoms with Crippen LogP contribution in [0.2, 0.25) is 10.3 Å². The van der Waals surface area contributed by atoms with E-state index in [1.54, 1.807) is 12.1 Å². The number of amides is 1. The van der Waals surface area contributed by atoms with Crippen molar-refractivity contribution in [1.29, 1.82) is 0 Å². The van der Waals surface area contributed by atoms with E-state index in [2.05, 4.69) is 65.1 Å². The van der Waals surface area contributed by atoms with Gasteiger partial charge in [0.25, 0.3) is 5.91 Å². The molecule has 2 heterocycles. The first-order valence-corrected chi connectivity index (χ1v) is 15.9. The van der Waals surface area contributed by atoms with Gasteiger partial charge in [0.15, 0.2) is 0 Å². The van der Waals surface area contributed by atoms with Gasteiger partial charge in [-0.3, -0.25) is 4.79 Å². The van der Waals surface area contributed by atoms with Crippen molar-refractivity contribution in [3.05, 3.63) is 87.7 Å². The number of hydrogen-bond acceptors (Lipinski definition) is 4. The summed E-state index contributed by atoms with van der Waals surface area (Å²) < 4.78 is 0. The van der Waals surface area contributed by atoms with Crippen LogP contribution in [0.5, 0.6) is 0 Å². The molecule has 0 unspecified atom stereocenters. The number of nitrogens with zero attached hydrogens (tertiary/aromatic N) is 3. The number of carbonyl (C=O) groups excluding carboxylic acids is 1. The first kappa shape index (κ1) is 31.3. The van der Waals surface area contributed by atoms with Crippen molar-refractivity contribution in [2.75, 3.05) is 25.0 Å². The second-order valence-corrected chi connectivity index (χ2v) is 12.4. The van der Waals surface area contributed by atoms with Crippen LogP contribution in [0.4, 0.5) is 11.4 Å². The summed E-state index contributed by atoms with van der Waals surface area (Å²) in [5.41, 5.74) is 4.88. The highest BCUT2D eigenvalue weighted by Crippen LogP contribution is 2.26. The molecule has 1 aromatic heterocycles. The Morgan fingerprint density at radius 2 is 1.59 bits per heavy atom. The Morgan fingerprint density at radius 1 is 0.951 bits per heavy atom. The molecule has 220 valence electrons. The minimum atomic E-state index is 0.119. The van der Waals surface area contributed by atoms with Crippen molar-refractivity contribution in [3.8, 4) is 0 Å². The molecule has 0 saturated carbocycles. The average Bonchev–Trinajstić information content (AvgIpc) is 2.96. The van der Waals surface area contributed by atoms with Crippen molar-refractivity contribution < 1.29 is 4.79 Å². The van der Waals surface area contributed by atoms with E-state index in [-0.39, 0.29) is 11.9 Å². The van der Waals surface area contributed by atoms with E-state index in [9.17, 15) is 4.79 Å². The second-order valence-electron chi connectivity index (χ2n) is 11.7. The fourth-order valence-corrected chi connectivity index (χ4v) is 5.88. The van der Waals surface area contributed by atoms with Gasteiger partial charge in [0.2, 0.25) is 0 Å². The standard InChI is InChI=1S/C34H44Cl2N4O/c1-4-5-6-7-26-8-12-28(13-9-26)34(41)40(31-17-20-39(21-18-31)19-16-25(2)3)24-27-10-14-29(15-11-27)37-30-22-32(35)38-33(36)23-30/h8-15,22-23,25,31H,4-7,16-21,24H2,1-3H3,(H,37,38). The van der Waals surface area contributed by atoms with Crippen molar-refractivity contribution in [1.82, 2.24) is 14.8 Å². The number of benzene rings is 2. The van der Waals surface area contributed by atoms with Crippen LogP contribution in [-0.2, 0) is 13.0 Å². The molecule has 1 aliphatic heterocycles. The van der Waals surface area contributed by atoms with E-state index in [4.69, 9.17) is 23.2 Å². The molecule has 0 atom stereocenters. The third kappa shape index (κ3) is 9.73. The topological polar surface area (TPSA) is 48.5 Å². The number of piperidine rings is 1. The number of aromatic nitrogens is 1. The Kier molecular flexibility index (Phi) is 11.9. The van der Waals surface area contributed by atoms with Gasteiger partial charge >= 0.3 is 0 Å². The third-order valence-corrected chi connectivity index (χ3v) is 8.30. The Labute approximate surface area is 256 Å². The van der Waals surface area contributed by atoms with Crippen LogP contribution in [0.1, 0.15) is 80.8 Å². The molecule has 5 nitrogen and oxygen atoms in total. The third-order valence-electron chi connectivity index (χ3n) is 7.91. The molecule has 0 spiro atoms. The number of carbonyl (C=O) groups is 1. The summed E-state index contributed by atoms with van der Waals surface area (Å²) in [5.74, 6) is 0.828. The molecule has 1 saturated heterocycles. The summed E-state index contributed by atoms with van der Waals surface area (Å²) in [4.78, 5) is 22.6. The number of halogens is 2. The van der Waals surface area contributed by atoms with Crippen LogP contribution in [0.3, 0.4) is 0 Å². The molecule has 3 aromatic rings. The zero-order chi connectivity index (χ0) is 29.2. The molecule has 2 aromatic carbocycles. The lowest BCUT2D eigenvalue weighted by atomic mass is 9.99. The van der Waals surface area contributed by atoms with Crippen LogP contribution in [0.15, 0.2) is 60.7 Å².